The summed E-state index contributed by atoms with van der Waals surface area (Å²) in [4.78, 5) is 45.8. The van der Waals surface area contributed by atoms with Crippen molar-refractivity contribution >= 4 is 17.7 Å². The van der Waals surface area contributed by atoms with Crippen LogP contribution in [0.5, 0.6) is 0 Å². The third-order valence-electron chi connectivity index (χ3n) is 18.8. The number of nitrogens with one attached hydrogen (secondary N) is 1. The highest BCUT2D eigenvalue weighted by Gasteiger charge is 2.95. The van der Waals surface area contributed by atoms with E-state index in [0.29, 0.717) is 61.3 Å². The first-order valence-corrected chi connectivity index (χ1v) is 21.9. The van der Waals surface area contributed by atoms with Crippen molar-refractivity contribution in [3.8, 4) is 0 Å². The first-order chi connectivity index (χ1) is 27.8. The molecular formula is C45H56N2O11. The Morgan fingerprint density at radius 2 is 1.88 bits per heavy atom. The number of furan rings is 1. The molecule has 5 saturated heterocycles. The highest BCUT2D eigenvalue weighted by Crippen LogP contribution is 2.86. The number of carbonyl (C=O) groups excluding carboxylic acids is 3. The lowest BCUT2D eigenvalue weighted by Gasteiger charge is -2.70. The lowest BCUT2D eigenvalue weighted by Crippen LogP contribution is -2.80. The van der Waals surface area contributed by atoms with Crippen LogP contribution in [0, 0.1) is 63.1 Å². The molecule has 7 heterocycles. The van der Waals surface area contributed by atoms with Crippen molar-refractivity contribution in [3.63, 3.8) is 0 Å². The van der Waals surface area contributed by atoms with Gasteiger partial charge in [0.25, 0.3) is 0 Å². The molecule has 18 atom stereocenters. The fourth-order valence-corrected chi connectivity index (χ4v) is 16.9. The number of aliphatic hydroxyl groups excluding tert-OH is 3. The number of aliphatic hydroxyl groups is 3. The topological polar surface area (TPSA) is 181 Å². The van der Waals surface area contributed by atoms with Gasteiger partial charge < -0.3 is 43.6 Å². The largest absolute Gasteiger partial charge is 0.469 e. The summed E-state index contributed by atoms with van der Waals surface area (Å²) in [6.07, 6.45) is 10.5. The average molecular weight is 801 g/mol. The maximum atomic E-state index is 15.4. The maximum Gasteiger partial charge on any atom is 0.339 e. The second-order valence-electron chi connectivity index (χ2n) is 20.9. The van der Waals surface area contributed by atoms with Gasteiger partial charge in [0.05, 0.1) is 54.1 Å². The molecule has 12 aliphatic rings. The van der Waals surface area contributed by atoms with Gasteiger partial charge in [0.15, 0.2) is 11.9 Å². The second-order valence-corrected chi connectivity index (χ2v) is 20.9. The van der Waals surface area contributed by atoms with Gasteiger partial charge in [-0.2, -0.15) is 0 Å². The van der Waals surface area contributed by atoms with Crippen LogP contribution >= 0.6 is 0 Å². The molecule has 0 aromatic carbocycles. The van der Waals surface area contributed by atoms with E-state index in [0.717, 1.165) is 32.5 Å². The molecule has 1 aromatic heterocycles. The third kappa shape index (κ3) is 3.92. The number of rotatable bonds is 6. The van der Waals surface area contributed by atoms with Crippen LogP contribution in [0.3, 0.4) is 0 Å². The van der Waals surface area contributed by atoms with Crippen molar-refractivity contribution in [1.29, 1.82) is 0 Å². The summed E-state index contributed by atoms with van der Waals surface area (Å²) >= 11 is 0. The van der Waals surface area contributed by atoms with Gasteiger partial charge in [0.1, 0.15) is 30.2 Å². The number of fused-ring (bicyclic) bond motifs is 5. The summed E-state index contributed by atoms with van der Waals surface area (Å²) in [6.45, 7) is 7.39. The Morgan fingerprint density at radius 1 is 1.03 bits per heavy atom. The number of nitrogens with zero attached hydrogens (tertiary/aromatic N) is 1. The summed E-state index contributed by atoms with van der Waals surface area (Å²) in [5, 5.41) is 38.3. The molecule has 312 valence electrons. The minimum atomic E-state index is -1.48. The van der Waals surface area contributed by atoms with E-state index in [-0.39, 0.29) is 48.6 Å². The third-order valence-corrected chi connectivity index (χ3v) is 18.8. The number of allylic oxidation sites excluding steroid dienone is 2. The molecular weight excluding hydrogens is 744 g/mol. The molecule has 4 saturated carbocycles. The number of epoxide rings is 1. The van der Waals surface area contributed by atoms with E-state index in [9.17, 15) is 24.9 Å². The lowest BCUT2D eigenvalue weighted by atomic mass is 9.31. The predicted molar refractivity (Wildman–Crippen MR) is 202 cm³/mol. The van der Waals surface area contributed by atoms with Crippen LogP contribution in [0.25, 0.3) is 0 Å². The molecule has 6 aliphatic carbocycles. The molecule has 4 N–H and O–H groups in total. The predicted octanol–water partition coefficient (Wildman–Crippen LogP) is 2.97. The van der Waals surface area contributed by atoms with Gasteiger partial charge in [-0.3, -0.25) is 14.9 Å². The Kier molecular flexibility index (Phi) is 7.38. The summed E-state index contributed by atoms with van der Waals surface area (Å²) in [7, 11) is 0. The van der Waals surface area contributed by atoms with Gasteiger partial charge in [-0.1, -0.05) is 25.2 Å². The highest BCUT2D eigenvalue weighted by atomic mass is 16.7. The first kappa shape index (κ1) is 36.8. The van der Waals surface area contributed by atoms with Gasteiger partial charge >= 0.3 is 11.9 Å². The number of hydrogen-bond donors (Lipinski definition) is 4. The molecule has 9 fully saturated rings. The summed E-state index contributed by atoms with van der Waals surface area (Å²) in [6, 6.07) is 2.34. The standard InChI is InChI=1S/C45H56N2O11/c1-40(2)44-12-4-11-42(33(50)34(44)51)32-24(6-8-27-36(57-40)43(32,44)20-55-38(27)52)17-41(3)35(56-39(53)37-45(41,42)58-37)26-10-14-54-31(26)16-28(30(49)19-48)22-5-7-25-23(15-22)9-13-47-21-46-18-29(25)47/h4,9-10,12-14,22-25,27-30,32-33,35-37,46,48-50H,5-8,11,15-21H2,1-3H3/t22-,23+,24-,25+,27-,28-,29-,30+,32-,33+,35-,36-,37+,41-,42-,43-,44+,45+/m0/s1. The van der Waals surface area contributed by atoms with Crippen molar-refractivity contribution in [2.45, 2.75) is 120 Å². The van der Waals surface area contributed by atoms with E-state index in [1.807, 2.05) is 32.1 Å². The van der Waals surface area contributed by atoms with Crippen LogP contribution in [0.1, 0.15) is 83.1 Å². The molecule has 58 heavy (non-hydrogen) atoms. The number of ether oxygens (including phenoxy) is 4. The zero-order valence-electron chi connectivity index (χ0n) is 33.5. The van der Waals surface area contributed by atoms with E-state index in [4.69, 9.17) is 23.4 Å². The Bertz CT molecular complexity index is 2050. The van der Waals surface area contributed by atoms with Crippen LogP contribution in [-0.2, 0) is 39.8 Å². The fraction of sp³-hybridized carbons (Fsp3) is 0.756. The molecule has 13 heteroatoms. The minimum Gasteiger partial charge on any atom is -0.469 e. The SMILES string of the molecule is CC1(C)O[C@H]2[C@@H]3CC[C@H]4C[C@@]5(C)[C@H](c6ccoc6C[C@@H]([C@H]6CC[C@@H]7[C@H](C=CN8CNC[C@@H]78)C6)[C@H](O)CO)OC(=O)[C@H]6O[C@]65[C@]56CC=C[C@]1(C(=O)[C@H]5O)[C@@]2(COC3=O)[C@@H]46. The summed E-state index contributed by atoms with van der Waals surface area (Å²) in [5.74, 6) is -0.856. The molecule has 6 aliphatic heterocycles. The maximum absolute atomic E-state index is 15.4. The van der Waals surface area contributed by atoms with E-state index < -0.39 is 75.3 Å². The normalized spacial score (nSPS) is 51.9. The van der Waals surface area contributed by atoms with Gasteiger partial charge in [0.2, 0.25) is 0 Å². The van der Waals surface area contributed by atoms with Crippen molar-refractivity contribution in [2.75, 3.05) is 26.4 Å². The van der Waals surface area contributed by atoms with E-state index in [1.165, 1.54) is 0 Å². The molecule has 13 rings (SSSR count). The Morgan fingerprint density at radius 3 is 2.71 bits per heavy atom. The van der Waals surface area contributed by atoms with E-state index in [2.05, 4.69) is 29.4 Å². The number of hydrogen-bond acceptors (Lipinski definition) is 13. The molecule has 4 spiro atoms. The quantitative estimate of drug-likeness (QED) is 0.188. The lowest BCUT2D eigenvalue weighted by molar-refractivity contribution is -0.276. The fourth-order valence-electron chi connectivity index (χ4n) is 16.9. The summed E-state index contributed by atoms with van der Waals surface area (Å²) < 4.78 is 32.7. The van der Waals surface area contributed by atoms with E-state index >= 15 is 4.79 Å². The second kappa shape index (κ2) is 11.6. The minimum absolute atomic E-state index is 0.00228. The Labute approximate surface area is 337 Å². The highest BCUT2D eigenvalue weighted by molar-refractivity contribution is 5.97. The van der Waals surface area contributed by atoms with Crippen LogP contribution in [-0.4, -0.2) is 106 Å². The van der Waals surface area contributed by atoms with Crippen molar-refractivity contribution < 1.29 is 53.1 Å². The molecule has 1 aromatic rings. The van der Waals surface area contributed by atoms with E-state index in [1.54, 1.807) is 6.26 Å². The van der Waals surface area contributed by atoms with Gasteiger partial charge in [-0.15, -0.1) is 0 Å². The molecule has 4 bridgehead atoms. The zero-order valence-corrected chi connectivity index (χ0v) is 33.5. The van der Waals surface area contributed by atoms with Crippen LogP contribution in [0.15, 0.2) is 41.2 Å². The average Bonchev–Trinajstić information content (AvgIpc) is 3.57. The van der Waals surface area contributed by atoms with Gasteiger partial charge in [-0.05, 0) is 107 Å². The van der Waals surface area contributed by atoms with Crippen molar-refractivity contribution in [3.05, 3.63) is 48.1 Å². The number of Topliss-reactive ketones (excluding diaryl/α,β-unsaturated/α-hetero) is 1. The number of ketones is 1. The van der Waals surface area contributed by atoms with Crippen molar-refractivity contribution in [2.24, 2.45) is 63.1 Å². The number of esters is 2. The number of carbonyl (C=O) groups is 3. The number of cyclic esters (lactones) is 2. The van der Waals surface area contributed by atoms with Gasteiger partial charge in [0, 0.05) is 35.4 Å². The smallest absolute Gasteiger partial charge is 0.339 e. The molecule has 0 radical (unpaired) electrons. The first-order valence-electron chi connectivity index (χ1n) is 21.9. The van der Waals surface area contributed by atoms with Crippen LogP contribution in [0.2, 0.25) is 0 Å². The van der Waals surface area contributed by atoms with Crippen molar-refractivity contribution in [1.82, 2.24) is 10.2 Å². The zero-order chi connectivity index (χ0) is 39.9. The van der Waals surface area contributed by atoms with Crippen LogP contribution < -0.4 is 5.32 Å². The Hall–Kier alpha value is -3.07. The monoisotopic (exact) mass is 800 g/mol. The molecule has 0 unspecified atom stereocenters. The Balaban J connectivity index is 0.950. The summed E-state index contributed by atoms with van der Waals surface area (Å²) in [5.41, 5.74) is -6.00. The molecule has 0 amide bonds. The van der Waals surface area contributed by atoms with Gasteiger partial charge in [-0.25, -0.2) is 4.79 Å². The molecule has 13 nitrogen and oxygen atoms in total. The van der Waals surface area contributed by atoms with Crippen LogP contribution in [0.4, 0.5) is 0 Å².